The Morgan fingerprint density at radius 2 is 1.65 bits per heavy atom. The van der Waals surface area contributed by atoms with Crippen LogP contribution in [0.1, 0.15) is 24.3 Å². The molecule has 0 amide bonds. The van der Waals surface area contributed by atoms with Crippen LogP contribution in [-0.2, 0) is 9.84 Å². The molecular weight excluding hydrogens is 258 g/mol. The zero-order valence-corrected chi connectivity index (χ0v) is 11.1. The summed E-state index contributed by atoms with van der Waals surface area (Å²) in [5.74, 6) is 0.567. The van der Waals surface area contributed by atoms with E-state index in [-0.39, 0.29) is 17.7 Å². The highest BCUT2D eigenvalue weighted by Gasteiger charge is 2.36. The Labute approximate surface area is 108 Å². The molecule has 1 aromatic carbocycles. The van der Waals surface area contributed by atoms with Gasteiger partial charge >= 0.3 is 0 Å². The fourth-order valence-electron chi connectivity index (χ4n) is 2.02. The standard InChI is InChI=1S/C12H15NO2S.ClH/c14-16(15,12-5-6-12)11-3-1-9(2-4-11)10-7-13-8-10;/h1-4,10,12-13H,5-8H2;1H. The molecule has 1 aromatic rings. The van der Waals surface area contributed by atoms with Crippen molar-refractivity contribution in [1.29, 1.82) is 0 Å². The largest absolute Gasteiger partial charge is 0.315 e. The molecule has 1 saturated heterocycles. The molecular formula is C12H16ClNO2S. The summed E-state index contributed by atoms with van der Waals surface area (Å²) in [6, 6.07) is 7.45. The van der Waals surface area contributed by atoms with E-state index in [1.54, 1.807) is 12.1 Å². The summed E-state index contributed by atoms with van der Waals surface area (Å²) >= 11 is 0. The SMILES string of the molecule is Cl.O=S(=O)(c1ccc(C2CNC2)cc1)C1CC1. The van der Waals surface area contributed by atoms with E-state index in [1.807, 2.05) is 12.1 Å². The summed E-state index contributed by atoms with van der Waals surface area (Å²) in [7, 11) is -3.01. The summed E-state index contributed by atoms with van der Waals surface area (Å²) in [5, 5.41) is 3.11. The van der Waals surface area contributed by atoms with Gasteiger partial charge in [0.2, 0.25) is 0 Å². The normalized spacial score (nSPS) is 20.5. The lowest BCUT2D eigenvalue weighted by atomic mass is 9.94. The number of hydrogen-bond donors (Lipinski definition) is 1. The fourth-order valence-corrected chi connectivity index (χ4v) is 3.68. The van der Waals surface area contributed by atoms with Crippen molar-refractivity contribution in [3.05, 3.63) is 29.8 Å². The molecule has 0 radical (unpaired) electrons. The van der Waals surface area contributed by atoms with E-state index in [9.17, 15) is 8.42 Å². The second kappa shape index (κ2) is 4.59. The molecule has 2 fully saturated rings. The van der Waals surface area contributed by atoms with Crippen molar-refractivity contribution >= 4 is 22.2 Å². The molecule has 3 nitrogen and oxygen atoms in total. The van der Waals surface area contributed by atoms with Crippen LogP contribution in [0.2, 0.25) is 0 Å². The van der Waals surface area contributed by atoms with Gasteiger partial charge in [0.05, 0.1) is 10.1 Å². The molecule has 0 spiro atoms. The summed E-state index contributed by atoms with van der Waals surface area (Å²) in [4.78, 5) is 0.492. The van der Waals surface area contributed by atoms with E-state index in [2.05, 4.69) is 5.32 Å². The second-order valence-electron chi connectivity index (χ2n) is 4.67. The molecule has 94 valence electrons. The zero-order valence-electron chi connectivity index (χ0n) is 9.43. The Morgan fingerprint density at radius 3 is 2.06 bits per heavy atom. The maximum absolute atomic E-state index is 11.9. The smallest absolute Gasteiger partial charge is 0.181 e. The number of nitrogens with one attached hydrogen (secondary N) is 1. The molecule has 1 heterocycles. The summed E-state index contributed by atoms with van der Waals surface area (Å²) in [6.07, 6.45) is 1.66. The first-order valence-corrected chi connectivity index (χ1v) is 7.27. The lowest BCUT2D eigenvalue weighted by Gasteiger charge is -2.27. The van der Waals surface area contributed by atoms with Crippen molar-refractivity contribution in [1.82, 2.24) is 5.32 Å². The van der Waals surface area contributed by atoms with Crippen LogP contribution in [0.15, 0.2) is 29.2 Å². The first-order valence-electron chi connectivity index (χ1n) is 5.72. The van der Waals surface area contributed by atoms with Gasteiger partial charge in [-0.15, -0.1) is 12.4 Å². The third kappa shape index (κ3) is 2.34. The lowest BCUT2D eigenvalue weighted by Crippen LogP contribution is -2.39. The molecule has 0 bridgehead atoms. The van der Waals surface area contributed by atoms with E-state index in [0.717, 1.165) is 25.9 Å². The number of rotatable bonds is 3. The monoisotopic (exact) mass is 273 g/mol. The van der Waals surface area contributed by atoms with Gasteiger partial charge in [0.25, 0.3) is 0 Å². The van der Waals surface area contributed by atoms with E-state index in [1.165, 1.54) is 5.56 Å². The van der Waals surface area contributed by atoms with Gasteiger partial charge in [-0.2, -0.15) is 0 Å². The zero-order chi connectivity index (χ0) is 11.2. The lowest BCUT2D eigenvalue weighted by molar-refractivity contribution is 0.448. The van der Waals surface area contributed by atoms with Crippen LogP contribution in [0.4, 0.5) is 0 Å². The van der Waals surface area contributed by atoms with Gasteiger partial charge in [-0.25, -0.2) is 8.42 Å². The van der Waals surface area contributed by atoms with Gasteiger partial charge < -0.3 is 5.32 Å². The quantitative estimate of drug-likeness (QED) is 0.912. The van der Waals surface area contributed by atoms with Crippen LogP contribution < -0.4 is 5.32 Å². The number of halogens is 1. The Morgan fingerprint density at radius 1 is 1.06 bits per heavy atom. The van der Waals surface area contributed by atoms with E-state index >= 15 is 0 Å². The molecule has 0 aromatic heterocycles. The summed E-state index contributed by atoms with van der Waals surface area (Å²) in [5.41, 5.74) is 1.24. The molecule has 3 rings (SSSR count). The average Bonchev–Trinajstić information content (AvgIpc) is 2.99. The Kier molecular flexibility index (Phi) is 3.48. The average molecular weight is 274 g/mol. The third-order valence-corrected chi connectivity index (χ3v) is 5.70. The van der Waals surface area contributed by atoms with Crippen molar-refractivity contribution in [2.24, 2.45) is 0 Å². The Hall–Kier alpha value is -0.580. The molecule has 1 aliphatic heterocycles. The minimum absolute atomic E-state index is 0. The van der Waals surface area contributed by atoms with Crippen LogP contribution in [0.25, 0.3) is 0 Å². The predicted octanol–water partition coefficient (Wildman–Crippen LogP) is 1.73. The second-order valence-corrected chi connectivity index (χ2v) is 6.90. The third-order valence-electron chi connectivity index (χ3n) is 3.42. The fraction of sp³-hybridized carbons (Fsp3) is 0.500. The van der Waals surface area contributed by atoms with Gasteiger partial charge in [0.15, 0.2) is 9.84 Å². The highest BCUT2D eigenvalue weighted by atomic mass is 35.5. The summed E-state index contributed by atoms with van der Waals surface area (Å²) < 4.78 is 23.9. The van der Waals surface area contributed by atoms with Crippen LogP contribution in [0.3, 0.4) is 0 Å². The molecule has 0 unspecified atom stereocenters. The van der Waals surface area contributed by atoms with E-state index < -0.39 is 9.84 Å². The van der Waals surface area contributed by atoms with E-state index in [4.69, 9.17) is 0 Å². The van der Waals surface area contributed by atoms with Gasteiger partial charge in [-0.05, 0) is 30.5 Å². The number of benzene rings is 1. The minimum Gasteiger partial charge on any atom is -0.315 e. The van der Waals surface area contributed by atoms with Crippen LogP contribution in [0.5, 0.6) is 0 Å². The Bertz CT molecular complexity index is 490. The molecule has 1 aliphatic carbocycles. The summed E-state index contributed by atoms with van der Waals surface area (Å²) in [6.45, 7) is 2.02. The molecule has 17 heavy (non-hydrogen) atoms. The Balaban J connectivity index is 0.00000108. The van der Waals surface area contributed by atoms with E-state index in [0.29, 0.717) is 10.8 Å². The van der Waals surface area contributed by atoms with Gasteiger partial charge in [0.1, 0.15) is 0 Å². The van der Waals surface area contributed by atoms with Crippen molar-refractivity contribution in [3.63, 3.8) is 0 Å². The van der Waals surface area contributed by atoms with Crippen molar-refractivity contribution in [2.75, 3.05) is 13.1 Å². The minimum atomic E-state index is -3.01. The highest BCUT2D eigenvalue weighted by Crippen LogP contribution is 2.34. The molecule has 1 saturated carbocycles. The molecule has 5 heteroatoms. The molecule has 2 aliphatic rings. The topological polar surface area (TPSA) is 46.2 Å². The van der Waals surface area contributed by atoms with Crippen molar-refractivity contribution in [3.8, 4) is 0 Å². The van der Waals surface area contributed by atoms with Gasteiger partial charge in [0, 0.05) is 19.0 Å². The maximum Gasteiger partial charge on any atom is 0.181 e. The van der Waals surface area contributed by atoms with Gasteiger partial charge in [-0.3, -0.25) is 0 Å². The van der Waals surface area contributed by atoms with Crippen LogP contribution >= 0.6 is 12.4 Å². The number of sulfone groups is 1. The highest BCUT2D eigenvalue weighted by molar-refractivity contribution is 7.92. The molecule has 0 atom stereocenters. The van der Waals surface area contributed by atoms with Crippen molar-refractivity contribution < 1.29 is 8.42 Å². The van der Waals surface area contributed by atoms with Crippen molar-refractivity contribution in [2.45, 2.75) is 28.9 Å². The molecule has 1 N–H and O–H groups in total. The predicted molar refractivity (Wildman–Crippen MR) is 69.5 cm³/mol. The maximum atomic E-state index is 11.9. The van der Waals surface area contributed by atoms with Crippen LogP contribution in [-0.4, -0.2) is 26.8 Å². The first-order chi connectivity index (χ1) is 7.68. The first kappa shape index (κ1) is 12.9. The number of hydrogen-bond acceptors (Lipinski definition) is 3. The van der Waals surface area contributed by atoms with Gasteiger partial charge in [-0.1, -0.05) is 12.1 Å². The van der Waals surface area contributed by atoms with Crippen LogP contribution in [0, 0.1) is 0 Å².